The Bertz CT molecular complexity index is 687. The van der Waals surface area contributed by atoms with Gasteiger partial charge in [0.05, 0.1) is 12.2 Å². The molecule has 1 aliphatic rings. The second-order valence-corrected chi connectivity index (χ2v) is 6.00. The number of anilines is 1. The van der Waals surface area contributed by atoms with Crippen molar-refractivity contribution in [2.24, 2.45) is 5.92 Å². The number of hydrogen-bond donors (Lipinski definition) is 0. The number of hydrogen-bond acceptors (Lipinski definition) is 3. The van der Waals surface area contributed by atoms with Crippen LogP contribution in [0.3, 0.4) is 0 Å². The van der Waals surface area contributed by atoms with E-state index >= 15 is 0 Å². The van der Waals surface area contributed by atoms with E-state index in [1.54, 1.807) is 19.1 Å². The third-order valence-corrected chi connectivity index (χ3v) is 4.26. The van der Waals surface area contributed by atoms with Crippen LogP contribution < -0.4 is 4.90 Å². The second kappa shape index (κ2) is 6.82. The van der Waals surface area contributed by atoms with Gasteiger partial charge in [-0.05, 0) is 43.2 Å². The molecule has 1 unspecified atom stereocenters. The molecule has 1 aliphatic heterocycles. The Morgan fingerprint density at radius 1 is 1.26 bits per heavy atom. The summed E-state index contributed by atoms with van der Waals surface area (Å²) in [5.41, 5.74) is 1.99. The maximum Gasteiger partial charge on any atom is 0.338 e. The van der Waals surface area contributed by atoms with Crippen molar-refractivity contribution in [2.45, 2.75) is 13.3 Å². The monoisotopic (exact) mass is 313 g/mol. The number of aryl methyl sites for hydroxylation is 1. The predicted octanol–water partition coefficient (Wildman–Crippen LogP) is 3.82. The summed E-state index contributed by atoms with van der Waals surface area (Å²) in [5, 5.41) is 0. The number of para-hydroxylation sites is 1. The quantitative estimate of drug-likeness (QED) is 0.804. The molecule has 0 radical (unpaired) electrons. The SMILES string of the molecule is Cc1ccc(C(=O)OCC2CCN(c3ccccc3)C2)cc1F. The second-order valence-electron chi connectivity index (χ2n) is 6.00. The molecule has 2 aromatic carbocycles. The third kappa shape index (κ3) is 3.70. The lowest BCUT2D eigenvalue weighted by molar-refractivity contribution is 0.0450. The Morgan fingerprint density at radius 3 is 2.78 bits per heavy atom. The van der Waals surface area contributed by atoms with E-state index in [1.807, 2.05) is 18.2 Å². The topological polar surface area (TPSA) is 29.5 Å². The number of rotatable bonds is 4. The number of carbonyl (C=O) groups is 1. The van der Waals surface area contributed by atoms with E-state index in [2.05, 4.69) is 17.0 Å². The molecule has 0 spiro atoms. The molecule has 0 aromatic heterocycles. The molecule has 1 atom stereocenters. The molecule has 4 heteroatoms. The number of carbonyl (C=O) groups excluding carboxylic acids is 1. The Morgan fingerprint density at radius 2 is 2.04 bits per heavy atom. The minimum absolute atomic E-state index is 0.269. The first-order valence-electron chi connectivity index (χ1n) is 7.87. The first-order chi connectivity index (χ1) is 11.1. The summed E-state index contributed by atoms with van der Waals surface area (Å²) in [6, 6.07) is 14.7. The van der Waals surface area contributed by atoms with Crippen LogP contribution in [-0.4, -0.2) is 25.7 Å². The van der Waals surface area contributed by atoms with Gasteiger partial charge in [0.1, 0.15) is 5.82 Å². The summed E-state index contributed by atoms with van der Waals surface area (Å²) < 4.78 is 18.9. The van der Waals surface area contributed by atoms with Gasteiger partial charge in [0.15, 0.2) is 0 Å². The van der Waals surface area contributed by atoms with Gasteiger partial charge in [-0.25, -0.2) is 9.18 Å². The number of esters is 1. The molecule has 1 saturated heterocycles. The van der Waals surface area contributed by atoms with Crippen molar-refractivity contribution in [2.75, 3.05) is 24.6 Å². The molecular weight excluding hydrogens is 293 g/mol. The predicted molar refractivity (Wildman–Crippen MR) is 88.2 cm³/mol. The minimum atomic E-state index is -0.456. The number of benzene rings is 2. The van der Waals surface area contributed by atoms with Gasteiger partial charge in [0.25, 0.3) is 0 Å². The zero-order chi connectivity index (χ0) is 16.2. The normalized spacial score (nSPS) is 17.3. The van der Waals surface area contributed by atoms with E-state index in [0.29, 0.717) is 18.1 Å². The van der Waals surface area contributed by atoms with Gasteiger partial charge in [0.2, 0.25) is 0 Å². The fourth-order valence-electron chi connectivity index (χ4n) is 2.84. The molecule has 0 amide bonds. The third-order valence-electron chi connectivity index (χ3n) is 4.26. The highest BCUT2D eigenvalue weighted by molar-refractivity contribution is 5.89. The Balaban J connectivity index is 1.53. The van der Waals surface area contributed by atoms with Crippen molar-refractivity contribution in [3.63, 3.8) is 0 Å². The van der Waals surface area contributed by atoms with Gasteiger partial charge < -0.3 is 9.64 Å². The summed E-state index contributed by atoms with van der Waals surface area (Å²) in [6.45, 7) is 3.88. The van der Waals surface area contributed by atoms with Crippen LogP contribution in [0.25, 0.3) is 0 Å². The average molecular weight is 313 g/mol. The highest BCUT2D eigenvalue weighted by atomic mass is 19.1. The number of nitrogens with zero attached hydrogens (tertiary/aromatic N) is 1. The van der Waals surface area contributed by atoms with Crippen LogP contribution >= 0.6 is 0 Å². The van der Waals surface area contributed by atoms with Crippen LogP contribution in [0.5, 0.6) is 0 Å². The summed E-state index contributed by atoms with van der Waals surface area (Å²) in [6.07, 6.45) is 0.991. The van der Waals surface area contributed by atoms with Crippen molar-refractivity contribution in [3.05, 3.63) is 65.5 Å². The van der Waals surface area contributed by atoms with E-state index in [-0.39, 0.29) is 11.4 Å². The summed E-state index contributed by atoms with van der Waals surface area (Å²) >= 11 is 0. The first kappa shape index (κ1) is 15.5. The Hall–Kier alpha value is -2.36. The standard InChI is InChI=1S/C19H20FNO2/c1-14-7-8-16(11-18(14)20)19(22)23-13-15-9-10-21(12-15)17-5-3-2-4-6-17/h2-8,11,15H,9-10,12-13H2,1H3. The molecule has 3 rings (SSSR count). The van der Waals surface area contributed by atoms with Gasteiger partial charge in [-0.2, -0.15) is 0 Å². The Labute approximate surface area is 135 Å². The average Bonchev–Trinajstić information content (AvgIpc) is 3.05. The van der Waals surface area contributed by atoms with Gasteiger partial charge in [-0.1, -0.05) is 24.3 Å². The van der Waals surface area contributed by atoms with Crippen molar-refractivity contribution in [3.8, 4) is 0 Å². The highest BCUT2D eigenvalue weighted by Gasteiger charge is 2.24. The molecule has 0 saturated carbocycles. The number of ether oxygens (including phenoxy) is 1. The van der Waals surface area contributed by atoms with Gasteiger partial charge >= 0.3 is 5.97 Å². The maximum absolute atomic E-state index is 13.5. The molecule has 0 bridgehead atoms. The Kier molecular flexibility index (Phi) is 4.60. The van der Waals surface area contributed by atoms with Crippen LogP contribution in [0.15, 0.2) is 48.5 Å². The zero-order valence-electron chi connectivity index (χ0n) is 13.2. The van der Waals surface area contributed by atoms with Crippen LogP contribution in [0.4, 0.5) is 10.1 Å². The van der Waals surface area contributed by atoms with Crippen LogP contribution in [0.1, 0.15) is 22.3 Å². The van der Waals surface area contributed by atoms with Crippen molar-refractivity contribution in [1.82, 2.24) is 0 Å². The molecule has 0 N–H and O–H groups in total. The minimum Gasteiger partial charge on any atom is -0.462 e. The molecule has 23 heavy (non-hydrogen) atoms. The van der Waals surface area contributed by atoms with Gasteiger partial charge in [-0.15, -0.1) is 0 Å². The molecule has 1 heterocycles. The lowest BCUT2D eigenvalue weighted by Gasteiger charge is -2.18. The first-order valence-corrected chi connectivity index (χ1v) is 7.87. The van der Waals surface area contributed by atoms with Crippen LogP contribution in [0.2, 0.25) is 0 Å². The fourth-order valence-corrected chi connectivity index (χ4v) is 2.84. The van der Waals surface area contributed by atoms with E-state index < -0.39 is 5.97 Å². The summed E-state index contributed by atoms with van der Waals surface area (Å²) in [7, 11) is 0. The molecule has 0 aliphatic carbocycles. The molecule has 120 valence electrons. The van der Waals surface area contributed by atoms with Gasteiger partial charge in [0, 0.05) is 24.7 Å². The van der Waals surface area contributed by atoms with E-state index in [9.17, 15) is 9.18 Å². The van der Waals surface area contributed by atoms with E-state index in [4.69, 9.17) is 4.74 Å². The van der Waals surface area contributed by atoms with E-state index in [0.717, 1.165) is 19.5 Å². The molecule has 1 fully saturated rings. The maximum atomic E-state index is 13.5. The smallest absolute Gasteiger partial charge is 0.338 e. The molecule has 2 aromatic rings. The fraction of sp³-hybridized carbons (Fsp3) is 0.316. The largest absolute Gasteiger partial charge is 0.462 e. The highest BCUT2D eigenvalue weighted by Crippen LogP contribution is 2.24. The molecule has 3 nitrogen and oxygen atoms in total. The van der Waals surface area contributed by atoms with Gasteiger partial charge in [-0.3, -0.25) is 0 Å². The summed E-state index contributed by atoms with van der Waals surface area (Å²) in [4.78, 5) is 14.3. The lowest BCUT2D eigenvalue weighted by atomic mass is 10.1. The summed E-state index contributed by atoms with van der Waals surface area (Å²) in [5.74, 6) is -0.521. The molecular formula is C19H20FNO2. The van der Waals surface area contributed by atoms with Crippen LogP contribution in [0, 0.1) is 18.7 Å². The van der Waals surface area contributed by atoms with Crippen LogP contribution in [-0.2, 0) is 4.74 Å². The zero-order valence-corrected chi connectivity index (χ0v) is 13.2. The number of halogens is 1. The lowest BCUT2D eigenvalue weighted by Crippen LogP contribution is -2.22. The van der Waals surface area contributed by atoms with Crippen molar-refractivity contribution < 1.29 is 13.9 Å². The van der Waals surface area contributed by atoms with E-state index in [1.165, 1.54) is 11.8 Å². The van der Waals surface area contributed by atoms with Crippen molar-refractivity contribution in [1.29, 1.82) is 0 Å². The van der Waals surface area contributed by atoms with Crippen molar-refractivity contribution >= 4 is 11.7 Å².